The van der Waals surface area contributed by atoms with Crippen LogP contribution in [-0.4, -0.2) is 25.6 Å². The largest absolute Gasteiger partial charge is 0.319 e. The molecule has 0 atom stereocenters. The van der Waals surface area contributed by atoms with Crippen molar-refractivity contribution in [2.45, 2.75) is 13.8 Å². The van der Waals surface area contributed by atoms with Crippen LogP contribution in [0.15, 0.2) is 66.7 Å². The van der Waals surface area contributed by atoms with E-state index in [0.29, 0.717) is 11.4 Å². The van der Waals surface area contributed by atoms with Crippen LogP contribution in [0.25, 0.3) is 17.1 Å². The van der Waals surface area contributed by atoms with Gasteiger partial charge in [0.25, 0.3) is 11.6 Å². The van der Waals surface area contributed by atoms with Gasteiger partial charge in [0.15, 0.2) is 5.82 Å². The first-order valence-electron chi connectivity index (χ1n) is 9.68. The van der Waals surface area contributed by atoms with Crippen molar-refractivity contribution in [3.63, 3.8) is 0 Å². The molecule has 3 aromatic carbocycles. The summed E-state index contributed by atoms with van der Waals surface area (Å²) in [5.74, 6) is -0.785. The summed E-state index contributed by atoms with van der Waals surface area (Å²) in [4.78, 5) is 27.7. The van der Waals surface area contributed by atoms with Crippen LogP contribution < -0.4 is 5.32 Å². The van der Waals surface area contributed by atoms with Crippen molar-refractivity contribution in [1.29, 1.82) is 0 Å². The predicted molar refractivity (Wildman–Crippen MR) is 117 cm³/mol. The second kappa shape index (κ2) is 8.38. The van der Waals surface area contributed by atoms with Crippen LogP contribution >= 0.6 is 0 Å². The van der Waals surface area contributed by atoms with E-state index in [1.165, 1.54) is 41.1 Å². The number of nitro benzene ring substituents is 1. The van der Waals surface area contributed by atoms with Crippen LogP contribution in [0, 0.1) is 29.8 Å². The molecule has 4 aromatic rings. The van der Waals surface area contributed by atoms with E-state index in [2.05, 4.69) is 15.4 Å². The Morgan fingerprint density at radius 1 is 1.06 bits per heavy atom. The molecule has 1 aromatic heterocycles. The normalized spacial score (nSPS) is 10.7. The molecular formula is C23H18FN5O3. The standard InChI is InChI=1S/C23H18FN5O3/c1-14-6-7-15(2)20(12-14)28-22(16-8-10-17(24)11-9-16)26-21(27-28)23(30)25-18-4-3-5-19(13-18)29(31)32/h3-13H,1-2H3,(H,25,30). The molecule has 0 radical (unpaired) electrons. The summed E-state index contributed by atoms with van der Waals surface area (Å²) in [7, 11) is 0. The highest BCUT2D eigenvalue weighted by atomic mass is 19.1. The molecule has 0 spiro atoms. The summed E-state index contributed by atoms with van der Waals surface area (Å²) in [6.07, 6.45) is 0. The monoisotopic (exact) mass is 431 g/mol. The van der Waals surface area contributed by atoms with Gasteiger partial charge in [0.1, 0.15) is 5.82 Å². The van der Waals surface area contributed by atoms with Crippen LogP contribution in [0.1, 0.15) is 21.7 Å². The van der Waals surface area contributed by atoms with E-state index in [0.717, 1.165) is 16.8 Å². The molecule has 0 aliphatic rings. The van der Waals surface area contributed by atoms with Gasteiger partial charge in [0.05, 0.1) is 10.6 Å². The zero-order valence-corrected chi connectivity index (χ0v) is 17.2. The Morgan fingerprint density at radius 3 is 2.53 bits per heavy atom. The number of carbonyl (C=O) groups is 1. The molecule has 8 nitrogen and oxygen atoms in total. The molecule has 160 valence electrons. The van der Waals surface area contributed by atoms with Gasteiger partial charge < -0.3 is 5.32 Å². The summed E-state index contributed by atoms with van der Waals surface area (Å²) in [6.45, 7) is 3.85. The third kappa shape index (κ3) is 4.22. The van der Waals surface area contributed by atoms with Gasteiger partial charge in [0, 0.05) is 23.4 Å². The summed E-state index contributed by atoms with van der Waals surface area (Å²) in [6, 6.07) is 17.1. The number of halogens is 1. The summed E-state index contributed by atoms with van der Waals surface area (Å²) in [5, 5.41) is 18.0. The molecule has 1 heterocycles. The highest BCUT2D eigenvalue weighted by Gasteiger charge is 2.20. The van der Waals surface area contributed by atoms with E-state index in [9.17, 15) is 19.3 Å². The van der Waals surface area contributed by atoms with Gasteiger partial charge in [-0.1, -0.05) is 18.2 Å². The number of aryl methyl sites for hydroxylation is 2. The van der Waals surface area contributed by atoms with Crippen LogP contribution in [-0.2, 0) is 0 Å². The van der Waals surface area contributed by atoms with Crippen LogP contribution in [0.5, 0.6) is 0 Å². The minimum atomic E-state index is -0.627. The van der Waals surface area contributed by atoms with Gasteiger partial charge >= 0.3 is 0 Å². The highest BCUT2D eigenvalue weighted by molar-refractivity contribution is 6.02. The van der Waals surface area contributed by atoms with E-state index in [-0.39, 0.29) is 17.2 Å². The van der Waals surface area contributed by atoms with Crippen molar-refractivity contribution in [3.8, 4) is 17.1 Å². The van der Waals surface area contributed by atoms with Crippen LogP contribution in [0.3, 0.4) is 0 Å². The number of rotatable bonds is 5. The zero-order chi connectivity index (χ0) is 22.8. The lowest BCUT2D eigenvalue weighted by Crippen LogP contribution is -2.14. The SMILES string of the molecule is Cc1ccc(C)c(-n2nc(C(=O)Nc3cccc([N+](=O)[O-])c3)nc2-c2ccc(F)cc2)c1. The average molecular weight is 431 g/mol. The second-order valence-corrected chi connectivity index (χ2v) is 7.23. The lowest BCUT2D eigenvalue weighted by atomic mass is 10.1. The zero-order valence-electron chi connectivity index (χ0n) is 17.2. The summed E-state index contributed by atoms with van der Waals surface area (Å²) in [5.41, 5.74) is 3.31. The quantitative estimate of drug-likeness (QED) is 0.359. The Hall–Kier alpha value is -4.40. The number of amides is 1. The van der Waals surface area contributed by atoms with Gasteiger partial charge in [-0.2, -0.15) is 0 Å². The van der Waals surface area contributed by atoms with E-state index in [4.69, 9.17) is 0 Å². The Labute approximate surface area is 182 Å². The maximum atomic E-state index is 13.5. The van der Waals surface area contributed by atoms with Gasteiger partial charge in [-0.15, -0.1) is 5.10 Å². The predicted octanol–water partition coefficient (Wildman–Crippen LogP) is 4.85. The van der Waals surface area contributed by atoms with Crippen molar-refractivity contribution in [1.82, 2.24) is 14.8 Å². The van der Waals surface area contributed by atoms with Crippen molar-refractivity contribution >= 4 is 17.3 Å². The van der Waals surface area contributed by atoms with E-state index < -0.39 is 16.6 Å². The number of hydrogen-bond donors (Lipinski definition) is 1. The molecule has 0 aliphatic heterocycles. The number of benzene rings is 3. The second-order valence-electron chi connectivity index (χ2n) is 7.23. The lowest BCUT2D eigenvalue weighted by molar-refractivity contribution is -0.384. The Kier molecular flexibility index (Phi) is 5.46. The van der Waals surface area contributed by atoms with E-state index in [1.54, 1.807) is 12.1 Å². The molecule has 9 heteroatoms. The van der Waals surface area contributed by atoms with Crippen LogP contribution in [0.2, 0.25) is 0 Å². The van der Waals surface area contributed by atoms with Crippen molar-refractivity contribution in [2.75, 3.05) is 5.32 Å². The lowest BCUT2D eigenvalue weighted by Gasteiger charge is -2.10. The minimum Gasteiger partial charge on any atom is -0.319 e. The number of aromatic nitrogens is 3. The molecule has 1 amide bonds. The molecule has 32 heavy (non-hydrogen) atoms. The number of anilines is 1. The topological polar surface area (TPSA) is 103 Å². The molecule has 0 unspecified atom stereocenters. The summed E-state index contributed by atoms with van der Waals surface area (Å²) < 4.78 is 15.0. The number of nitrogens with one attached hydrogen (secondary N) is 1. The number of carbonyl (C=O) groups excluding carboxylic acids is 1. The molecule has 1 N–H and O–H groups in total. The van der Waals surface area contributed by atoms with E-state index in [1.807, 2.05) is 32.0 Å². The minimum absolute atomic E-state index is 0.128. The highest BCUT2D eigenvalue weighted by Crippen LogP contribution is 2.25. The fourth-order valence-electron chi connectivity index (χ4n) is 3.19. The smallest absolute Gasteiger partial charge is 0.295 e. The molecule has 0 saturated heterocycles. The first-order chi connectivity index (χ1) is 15.3. The first-order valence-corrected chi connectivity index (χ1v) is 9.68. The number of non-ortho nitro benzene ring substituents is 1. The Balaban J connectivity index is 1.77. The Bertz CT molecular complexity index is 1330. The van der Waals surface area contributed by atoms with E-state index >= 15 is 0 Å². The molecular weight excluding hydrogens is 413 g/mol. The van der Waals surface area contributed by atoms with Crippen molar-refractivity contribution in [3.05, 3.63) is 99.6 Å². The number of nitro groups is 1. The third-order valence-electron chi connectivity index (χ3n) is 4.82. The molecule has 0 fully saturated rings. The molecule has 0 bridgehead atoms. The maximum Gasteiger partial charge on any atom is 0.295 e. The number of hydrogen-bond acceptors (Lipinski definition) is 5. The molecule has 0 aliphatic carbocycles. The van der Waals surface area contributed by atoms with Gasteiger partial charge in [-0.05, 0) is 61.4 Å². The fraction of sp³-hybridized carbons (Fsp3) is 0.0870. The number of nitrogens with zero attached hydrogens (tertiary/aromatic N) is 4. The summed E-state index contributed by atoms with van der Waals surface area (Å²) >= 11 is 0. The van der Waals surface area contributed by atoms with Crippen LogP contribution in [0.4, 0.5) is 15.8 Å². The molecule has 0 saturated carbocycles. The first kappa shape index (κ1) is 20.9. The van der Waals surface area contributed by atoms with Gasteiger partial charge in [-0.25, -0.2) is 14.1 Å². The third-order valence-corrected chi connectivity index (χ3v) is 4.82. The Morgan fingerprint density at radius 2 is 1.81 bits per heavy atom. The average Bonchev–Trinajstić information content (AvgIpc) is 3.21. The van der Waals surface area contributed by atoms with Gasteiger partial charge in [-0.3, -0.25) is 14.9 Å². The van der Waals surface area contributed by atoms with Crippen molar-refractivity contribution in [2.24, 2.45) is 0 Å². The fourth-order valence-corrected chi connectivity index (χ4v) is 3.19. The maximum absolute atomic E-state index is 13.5. The molecule has 4 rings (SSSR count). The van der Waals surface area contributed by atoms with Crippen molar-refractivity contribution < 1.29 is 14.1 Å². The van der Waals surface area contributed by atoms with Gasteiger partial charge in [0.2, 0.25) is 5.82 Å².